The number of aryl methyl sites for hydroxylation is 2. The molecule has 2 aromatic carbocycles. The summed E-state index contributed by atoms with van der Waals surface area (Å²) in [7, 11) is -4.04. The van der Waals surface area contributed by atoms with E-state index in [-0.39, 0.29) is 22.1 Å². The fraction of sp³-hybridized carbons (Fsp3) is 0.400. The van der Waals surface area contributed by atoms with E-state index in [1.807, 2.05) is 19.9 Å². The number of nitrogens with zero attached hydrogens (tertiary/aromatic N) is 1. The summed E-state index contributed by atoms with van der Waals surface area (Å²) in [5.41, 5.74) is 2.58. The summed E-state index contributed by atoms with van der Waals surface area (Å²) < 4.78 is 47.0. The van der Waals surface area contributed by atoms with Crippen molar-refractivity contribution in [2.45, 2.75) is 44.9 Å². The summed E-state index contributed by atoms with van der Waals surface area (Å²) in [6.07, 6.45) is 3.03. The minimum Gasteiger partial charge on any atom is -0.486 e. The van der Waals surface area contributed by atoms with Crippen LogP contribution in [0.3, 0.4) is 0 Å². The van der Waals surface area contributed by atoms with E-state index in [4.69, 9.17) is 13.9 Å². The number of hydrogen-bond acceptors (Lipinski definition) is 6. The van der Waals surface area contributed by atoms with Crippen molar-refractivity contribution in [2.75, 3.05) is 31.0 Å². The van der Waals surface area contributed by atoms with Crippen LogP contribution < -0.4 is 14.2 Å². The number of benzene rings is 2. The zero-order valence-electron chi connectivity index (χ0n) is 19.6. The van der Waals surface area contributed by atoms with Crippen molar-refractivity contribution in [3.8, 4) is 11.5 Å². The summed E-state index contributed by atoms with van der Waals surface area (Å²) in [4.78, 5) is 15.0. The maximum absolute atomic E-state index is 13.6. The van der Waals surface area contributed by atoms with E-state index in [0.717, 1.165) is 24.8 Å². The molecular formula is C25H28N2O6S. The van der Waals surface area contributed by atoms with Crippen molar-refractivity contribution < 1.29 is 27.1 Å². The molecule has 3 aromatic rings. The second-order valence-corrected chi connectivity index (χ2v) is 10.5. The Balaban J connectivity index is 1.58. The van der Waals surface area contributed by atoms with Gasteiger partial charge >= 0.3 is 0 Å². The Morgan fingerprint density at radius 1 is 0.941 bits per heavy atom. The van der Waals surface area contributed by atoms with Gasteiger partial charge in [-0.3, -0.25) is 9.52 Å². The first kappa shape index (κ1) is 22.6. The van der Waals surface area contributed by atoms with Crippen molar-refractivity contribution in [3.63, 3.8) is 0 Å². The molecule has 1 aromatic heterocycles. The van der Waals surface area contributed by atoms with Gasteiger partial charge in [-0.15, -0.1) is 0 Å². The smallest absolute Gasteiger partial charge is 0.289 e. The molecule has 1 N–H and O–H groups in total. The molecule has 0 unspecified atom stereocenters. The van der Waals surface area contributed by atoms with Crippen LogP contribution in [0.2, 0.25) is 0 Å². The molecule has 2 aliphatic rings. The van der Waals surface area contributed by atoms with Crippen LogP contribution in [0.15, 0.2) is 33.6 Å². The van der Waals surface area contributed by atoms with Gasteiger partial charge in [-0.2, -0.15) is 0 Å². The standard InChI is InChI=1S/C25H28N2O6S/c1-15-13-19-17(3)22(25(28)27-9-5-4-6-10-27)33-23(19)24(16(15)2)34(29,30)26-18-7-8-20-21(14-18)32-12-11-31-20/h7-8,13-14,26H,4-6,9-12H2,1-3H3. The highest BCUT2D eigenvalue weighted by Gasteiger charge is 2.30. The first-order valence-electron chi connectivity index (χ1n) is 11.5. The first-order chi connectivity index (χ1) is 16.3. The molecule has 34 heavy (non-hydrogen) atoms. The number of fused-ring (bicyclic) bond motifs is 2. The van der Waals surface area contributed by atoms with Crippen molar-refractivity contribution >= 4 is 32.6 Å². The fourth-order valence-electron chi connectivity index (χ4n) is 4.62. The van der Waals surface area contributed by atoms with Crippen LogP contribution in [-0.2, 0) is 10.0 Å². The number of likely N-dealkylation sites (tertiary alicyclic amines) is 1. The monoisotopic (exact) mass is 484 g/mol. The first-order valence-corrected chi connectivity index (χ1v) is 13.0. The van der Waals surface area contributed by atoms with Gasteiger partial charge in [0.05, 0.1) is 5.69 Å². The number of carbonyl (C=O) groups is 1. The average molecular weight is 485 g/mol. The number of rotatable bonds is 4. The third kappa shape index (κ3) is 3.87. The molecule has 0 spiro atoms. The molecule has 3 heterocycles. The van der Waals surface area contributed by atoms with Crippen LogP contribution in [0.25, 0.3) is 11.0 Å². The maximum atomic E-state index is 13.6. The molecule has 0 radical (unpaired) electrons. The molecule has 9 heteroatoms. The van der Waals surface area contributed by atoms with Crippen molar-refractivity contribution in [2.24, 2.45) is 0 Å². The van der Waals surface area contributed by atoms with Crippen molar-refractivity contribution in [1.82, 2.24) is 4.90 Å². The number of hydrogen-bond donors (Lipinski definition) is 1. The highest BCUT2D eigenvalue weighted by atomic mass is 32.2. The number of ether oxygens (including phenoxy) is 2. The quantitative estimate of drug-likeness (QED) is 0.583. The van der Waals surface area contributed by atoms with Crippen LogP contribution in [0.4, 0.5) is 5.69 Å². The highest BCUT2D eigenvalue weighted by Crippen LogP contribution is 2.38. The van der Waals surface area contributed by atoms with Crippen LogP contribution in [0.1, 0.15) is 46.5 Å². The Labute approximate surface area is 198 Å². The Bertz CT molecular complexity index is 1390. The summed E-state index contributed by atoms with van der Waals surface area (Å²) in [5.74, 6) is 1.08. The number of anilines is 1. The third-order valence-corrected chi connectivity index (χ3v) is 8.13. The van der Waals surface area contributed by atoms with E-state index in [0.29, 0.717) is 60.0 Å². The molecule has 1 amide bonds. The average Bonchev–Trinajstić information content (AvgIpc) is 3.14. The highest BCUT2D eigenvalue weighted by molar-refractivity contribution is 7.93. The maximum Gasteiger partial charge on any atom is 0.289 e. The lowest BCUT2D eigenvalue weighted by Gasteiger charge is -2.25. The third-order valence-electron chi connectivity index (χ3n) is 6.59. The Morgan fingerprint density at radius 2 is 1.65 bits per heavy atom. The second-order valence-electron chi connectivity index (χ2n) is 8.90. The Kier molecular flexibility index (Phi) is 5.67. The van der Waals surface area contributed by atoms with Crippen molar-refractivity contribution in [3.05, 3.63) is 46.7 Å². The number of furan rings is 1. The number of sulfonamides is 1. The second kappa shape index (κ2) is 8.54. The molecule has 1 fully saturated rings. The molecule has 0 atom stereocenters. The minimum atomic E-state index is -4.04. The van der Waals surface area contributed by atoms with Gasteiger partial charge in [-0.1, -0.05) is 0 Å². The van der Waals surface area contributed by atoms with Crippen LogP contribution in [0, 0.1) is 20.8 Å². The lowest BCUT2D eigenvalue weighted by molar-refractivity contribution is 0.0693. The van der Waals surface area contributed by atoms with Crippen LogP contribution in [0.5, 0.6) is 11.5 Å². The summed E-state index contributed by atoms with van der Waals surface area (Å²) in [6, 6.07) is 6.80. The number of carbonyl (C=O) groups excluding carboxylic acids is 1. The normalized spacial score (nSPS) is 16.0. The molecule has 0 saturated carbocycles. The fourth-order valence-corrected chi connectivity index (χ4v) is 6.12. The van der Waals surface area contributed by atoms with E-state index >= 15 is 0 Å². The van der Waals surface area contributed by atoms with E-state index in [1.54, 1.807) is 30.0 Å². The molecule has 180 valence electrons. The zero-order chi connectivity index (χ0) is 24.0. The van der Waals surface area contributed by atoms with E-state index in [2.05, 4.69) is 4.72 Å². The number of amides is 1. The van der Waals surface area contributed by atoms with Gasteiger partial charge in [-0.25, -0.2) is 8.42 Å². The molecule has 0 aliphatic carbocycles. The number of piperidine rings is 1. The van der Waals surface area contributed by atoms with Crippen LogP contribution >= 0.6 is 0 Å². The van der Waals surface area contributed by atoms with Gasteiger partial charge in [0.2, 0.25) is 0 Å². The molecule has 0 bridgehead atoms. The Morgan fingerprint density at radius 3 is 2.38 bits per heavy atom. The Hall–Kier alpha value is -3.20. The molecule has 1 saturated heterocycles. The molecule has 5 rings (SSSR count). The van der Waals surface area contributed by atoms with E-state index < -0.39 is 10.0 Å². The summed E-state index contributed by atoms with van der Waals surface area (Å²) in [5, 5.41) is 0.631. The SMILES string of the molecule is Cc1cc2c(C)c(C(=O)N3CCCCC3)oc2c(S(=O)(=O)Nc2ccc3c(c2)OCCO3)c1C. The van der Waals surface area contributed by atoms with Crippen LogP contribution in [-0.4, -0.2) is 45.5 Å². The predicted molar refractivity (Wildman–Crippen MR) is 128 cm³/mol. The summed E-state index contributed by atoms with van der Waals surface area (Å²) >= 11 is 0. The topological polar surface area (TPSA) is 98.1 Å². The minimum absolute atomic E-state index is 0.0400. The molecule has 8 nitrogen and oxygen atoms in total. The van der Waals surface area contributed by atoms with E-state index in [9.17, 15) is 13.2 Å². The van der Waals surface area contributed by atoms with Gasteiger partial charge < -0.3 is 18.8 Å². The predicted octanol–water partition coefficient (Wildman–Crippen LogP) is 4.56. The number of nitrogens with one attached hydrogen (secondary N) is 1. The lowest BCUT2D eigenvalue weighted by atomic mass is 10.0. The van der Waals surface area contributed by atoms with Crippen molar-refractivity contribution in [1.29, 1.82) is 0 Å². The largest absolute Gasteiger partial charge is 0.486 e. The lowest BCUT2D eigenvalue weighted by Crippen LogP contribution is -2.35. The molecule has 2 aliphatic heterocycles. The van der Waals surface area contributed by atoms with Gasteiger partial charge in [0.25, 0.3) is 15.9 Å². The van der Waals surface area contributed by atoms with Gasteiger partial charge in [-0.05, 0) is 69.4 Å². The van der Waals surface area contributed by atoms with Gasteiger partial charge in [0, 0.05) is 30.1 Å². The molecular weight excluding hydrogens is 456 g/mol. The van der Waals surface area contributed by atoms with Gasteiger partial charge in [0.1, 0.15) is 18.1 Å². The summed E-state index contributed by atoms with van der Waals surface area (Å²) in [6.45, 7) is 7.64. The van der Waals surface area contributed by atoms with Gasteiger partial charge in [0.15, 0.2) is 22.8 Å². The zero-order valence-corrected chi connectivity index (χ0v) is 20.4. The van der Waals surface area contributed by atoms with E-state index in [1.165, 1.54) is 0 Å².